The van der Waals surface area contributed by atoms with Crippen LogP contribution < -0.4 is 10.1 Å². The Labute approximate surface area is 102 Å². The first kappa shape index (κ1) is 13.9. The second kappa shape index (κ2) is 8.00. The minimum atomic E-state index is -0.401. The summed E-state index contributed by atoms with van der Waals surface area (Å²) in [6.45, 7) is 1.86. The van der Waals surface area contributed by atoms with Crippen LogP contribution in [-0.4, -0.2) is 43.6 Å². The zero-order valence-electron chi connectivity index (χ0n) is 10.3. The first-order chi connectivity index (χ1) is 8.26. The van der Waals surface area contributed by atoms with Gasteiger partial charge in [-0.25, -0.2) is 4.98 Å². The number of aliphatic hydroxyl groups excluding tert-OH is 1. The van der Waals surface area contributed by atoms with E-state index in [-0.39, 0.29) is 0 Å². The van der Waals surface area contributed by atoms with Crippen molar-refractivity contribution in [2.24, 2.45) is 0 Å². The second-order valence-corrected chi connectivity index (χ2v) is 3.78. The minimum absolute atomic E-state index is 0.381. The number of rotatable bonds is 8. The lowest BCUT2D eigenvalue weighted by atomic mass is 10.2. The predicted molar refractivity (Wildman–Crippen MR) is 65.0 cm³/mol. The number of nitrogens with zero attached hydrogens (tertiary/aromatic N) is 1. The predicted octanol–water partition coefficient (Wildman–Crippen LogP) is 0.577. The smallest absolute Gasteiger partial charge is 0.212 e. The number of hydrogen-bond acceptors (Lipinski definition) is 5. The van der Waals surface area contributed by atoms with Crippen LogP contribution in [0.4, 0.5) is 0 Å². The second-order valence-electron chi connectivity index (χ2n) is 3.78. The number of nitrogens with one attached hydrogen (secondary N) is 1. The van der Waals surface area contributed by atoms with E-state index in [4.69, 9.17) is 9.47 Å². The molecule has 1 aromatic heterocycles. The fourth-order valence-electron chi connectivity index (χ4n) is 1.41. The van der Waals surface area contributed by atoms with Crippen molar-refractivity contribution < 1.29 is 14.6 Å². The van der Waals surface area contributed by atoms with E-state index >= 15 is 0 Å². The molecule has 0 bridgehead atoms. The van der Waals surface area contributed by atoms with Gasteiger partial charge in [0.05, 0.1) is 19.8 Å². The molecule has 0 amide bonds. The van der Waals surface area contributed by atoms with Crippen molar-refractivity contribution in [3.63, 3.8) is 0 Å². The Balaban J connectivity index is 2.17. The van der Waals surface area contributed by atoms with Gasteiger partial charge in [0.25, 0.3) is 0 Å². The van der Waals surface area contributed by atoms with Gasteiger partial charge in [-0.2, -0.15) is 0 Å². The Morgan fingerprint density at radius 1 is 1.41 bits per heavy atom. The highest BCUT2D eigenvalue weighted by molar-refractivity contribution is 5.17. The van der Waals surface area contributed by atoms with Crippen LogP contribution in [0.1, 0.15) is 12.0 Å². The summed E-state index contributed by atoms with van der Waals surface area (Å²) in [4.78, 5) is 4.11. The summed E-state index contributed by atoms with van der Waals surface area (Å²) < 4.78 is 9.82. The zero-order chi connectivity index (χ0) is 12.5. The standard InChI is InChI=1S/C12H20N2O3/c1-16-9-11(15)5-6-13-7-10-3-4-12(17-2)14-8-10/h3-4,8,11,13,15H,5-7,9H2,1-2H3. The zero-order valence-corrected chi connectivity index (χ0v) is 10.3. The lowest BCUT2D eigenvalue weighted by Crippen LogP contribution is -2.23. The highest BCUT2D eigenvalue weighted by atomic mass is 16.5. The van der Waals surface area contributed by atoms with E-state index in [0.717, 1.165) is 18.7 Å². The Hall–Kier alpha value is -1.17. The van der Waals surface area contributed by atoms with E-state index in [0.29, 0.717) is 18.9 Å². The molecule has 0 aliphatic rings. The maximum absolute atomic E-state index is 9.42. The Bertz CT molecular complexity index is 303. The van der Waals surface area contributed by atoms with Gasteiger partial charge in [-0.15, -0.1) is 0 Å². The molecule has 0 radical (unpaired) electrons. The topological polar surface area (TPSA) is 63.6 Å². The molecular formula is C12H20N2O3. The molecule has 0 fully saturated rings. The van der Waals surface area contributed by atoms with E-state index in [9.17, 15) is 5.11 Å². The molecule has 1 aromatic rings. The van der Waals surface area contributed by atoms with Crippen molar-refractivity contribution in [2.75, 3.05) is 27.4 Å². The highest BCUT2D eigenvalue weighted by Gasteiger charge is 2.02. The number of aromatic nitrogens is 1. The lowest BCUT2D eigenvalue weighted by Gasteiger charge is -2.10. The van der Waals surface area contributed by atoms with E-state index in [1.807, 2.05) is 12.1 Å². The summed E-state index contributed by atoms with van der Waals surface area (Å²) in [5, 5.41) is 12.7. The van der Waals surface area contributed by atoms with Crippen molar-refractivity contribution in [3.8, 4) is 5.88 Å². The third-order valence-corrected chi connectivity index (χ3v) is 2.35. The van der Waals surface area contributed by atoms with Crippen LogP contribution in [0.15, 0.2) is 18.3 Å². The Morgan fingerprint density at radius 2 is 2.24 bits per heavy atom. The van der Waals surface area contributed by atoms with Crippen LogP contribution in [0.2, 0.25) is 0 Å². The molecular weight excluding hydrogens is 220 g/mol. The SMILES string of the molecule is COCC(O)CCNCc1ccc(OC)nc1. The normalized spacial score (nSPS) is 12.4. The molecule has 0 saturated carbocycles. The molecule has 0 aliphatic heterocycles. The molecule has 17 heavy (non-hydrogen) atoms. The van der Waals surface area contributed by atoms with Gasteiger partial charge < -0.3 is 19.9 Å². The summed E-state index contributed by atoms with van der Waals surface area (Å²) in [7, 11) is 3.18. The molecule has 2 N–H and O–H groups in total. The number of ether oxygens (including phenoxy) is 2. The van der Waals surface area contributed by atoms with Crippen LogP contribution in [0.25, 0.3) is 0 Å². The van der Waals surface area contributed by atoms with Gasteiger partial charge in [-0.1, -0.05) is 6.07 Å². The maximum atomic E-state index is 9.42. The van der Waals surface area contributed by atoms with Gasteiger partial charge in [0.1, 0.15) is 0 Å². The van der Waals surface area contributed by atoms with E-state index < -0.39 is 6.10 Å². The van der Waals surface area contributed by atoms with Crippen molar-refractivity contribution >= 4 is 0 Å². The third-order valence-electron chi connectivity index (χ3n) is 2.35. The molecule has 1 heterocycles. The van der Waals surface area contributed by atoms with Crippen LogP contribution in [-0.2, 0) is 11.3 Å². The number of aliphatic hydroxyl groups is 1. The van der Waals surface area contributed by atoms with Crippen LogP contribution in [0.3, 0.4) is 0 Å². The molecule has 0 aromatic carbocycles. The molecule has 0 saturated heterocycles. The fraction of sp³-hybridized carbons (Fsp3) is 0.583. The molecule has 1 unspecified atom stereocenters. The first-order valence-corrected chi connectivity index (χ1v) is 5.63. The van der Waals surface area contributed by atoms with Crippen LogP contribution in [0.5, 0.6) is 5.88 Å². The van der Waals surface area contributed by atoms with Gasteiger partial charge in [0.15, 0.2) is 0 Å². The van der Waals surface area contributed by atoms with Gasteiger partial charge in [-0.3, -0.25) is 0 Å². The highest BCUT2D eigenvalue weighted by Crippen LogP contribution is 2.06. The quantitative estimate of drug-likeness (QED) is 0.651. The average molecular weight is 240 g/mol. The summed E-state index contributed by atoms with van der Waals surface area (Å²) in [5.74, 6) is 0.615. The summed E-state index contributed by atoms with van der Waals surface area (Å²) in [6.07, 6.45) is 2.05. The maximum Gasteiger partial charge on any atom is 0.212 e. The molecule has 5 nitrogen and oxygen atoms in total. The van der Waals surface area contributed by atoms with Gasteiger partial charge in [0, 0.05) is 25.9 Å². The monoisotopic (exact) mass is 240 g/mol. The molecule has 0 spiro atoms. The summed E-state index contributed by atoms with van der Waals surface area (Å²) in [6, 6.07) is 3.79. The molecule has 1 atom stereocenters. The van der Waals surface area contributed by atoms with Crippen molar-refractivity contribution in [2.45, 2.75) is 19.1 Å². The van der Waals surface area contributed by atoms with Crippen molar-refractivity contribution in [1.29, 1.82) is 0 Å². The summed E-state index contributed by atoms with van der Waals surface area (Å²) >= 11 is 0. The van der Waals surface area contributed by atoms with Crippen molar-refractivity contribution in [3.05, 3.63) is 23.9 Å². The molecule has 96 valence electrons. The summed E-state index contributed by atoms with van der Waals surface area (Å²) in [5.41, 5.74) is 1.09. The van der Waals surface area contributed by atoms with Crippen LogP contribution in [0, 0.1) is 0 Å². The largest absolute Gasteiger partial charge is 0.481 e. The third kappa shape index (κ3) is 5.63. The fourth-order valence-corrected chi connectivity index (χ4v) is 1.41. The number of methoxy groups -OCH3 is 2. The van der Waals surface area contributed by atoms with E-state index in [1.54, 1.807) is 20.4 Å². The number of hydrogen-bond donors (Lipinski definition) is 2. The Morgan fingerprint density at radius 3 is 2.82 bits per heavy atom. The average Bonchev–Trinajstić information content (AvgIpc) is 2.36. The van der Waals surface area contributed by atoms with E-state index in [2.05, 4.69) is 10.3 Å². The van der Waals surface area contributed by atoms with Crippen LogP contribution >= 0.6 is 0 Å². The van der Waals surface area contributed by atoms with Gasteiger partial charge >= 0.3 is 0 Å². The minimum Gasteiger partial charge on any atom is -0.481 e. The molecule has 5 heteroatoms. The molecule has 1 rings (SSSR count). The van der Waals surface area contributed by atoms with E-state index in [1.165, 1.54) is 0 Å². The van der Waals surface area contributed by atoms with Crippen molar-refractivity contribution in [1.82, 2.24) is 10.3 Å². The molecule has 0 aliphatic carbocycles. The van der Waals surface area contributed by atoms with Gasteiger partial charge in [0.2, 0.25) is 5.88 Å². The first-order valence-electron chi connectivity index (χ1n) is 5.63. The number of pyridine rings is 1. The van der Waals surface area contributed by atoms with Gasteiger partial charge in [-0.05, 0) is 18.5 Å². The lowest BCUT2D eigenvalue weighted by molar-refractivity contribution is 0.0594. The Kier molecular flexibility index (Phi) is 6.54.